The molecule has 3 nitrogen and oxygen atoms in total. The van der Waals surface area contributed by atoms with Gasteiger partial charge in [0, 0.05) is 15.7 Å². The summed E-state index contributed by atoms with van der Waals surface area (Å²) < 4.78 is 1.51. The molecular formula is C16H12Cl2N2O. The van der Waals surface area contributed by atoms with Crippen LogP contribution >= 0.6 is 23.2 Å². The fourth-order valence-electron chi connectivity index (χ4n) is 2.28. The van der Waals surface area contributed by atoms with E-state index in [2.05, 4.69) is 5.10 Å². The number of aromatic nitrogens is 2. The highest BCUT2D eigenvalue weighted by molar-refractivity contribution is 6.30. The molecule has 0 aliphatic carbocycles. The Labute approximate surface area is 131 Å². The smallest absolute Gasteiger partial charge is 0.279 e. The second kappa shape index (κ2) is 5.43. The first-order valence-corrected chi connectivity index (χ1v) is 7.15. The van der Waals surface area contributed by atoms with Crippen LogP contribution in [0.4, 0.5) is 0 Å². The summed E-state index contributed by atoms with van der Waals surface area (Å²) in [6, 6.07) is 14.3. The van der Waals surface area contributed by atoms with Gasteiger partial charge in [0.1, 0.15) is 0 Å². The molecule has 5 heteroatoms. The van der Waals surface area contributed by atoms with Gasteiger partial charge in [0.15, 0.2) is 0 Å². The van der Waals surface area contributed by atoms with Gasteiger partial charge in [-0.15, -0.1) is 0 Å². The molecule has 0 unspecified atom stereocenters. The standard InChI is InChI=1S/C16H12Cl2N2O/c1-10-15(11-2-4-12(17)5-3-11)16(21)20(19-10)14-8-6-13(18)7-9-14/h2-9,19H,1H3. The lowest BCUT2D eigenvalue weighted by Crippen LogP contribution is -2.15. The zero-order chi connectivity index (χ0) is 15.0. The first-order chi connectivity index (χ1) is 10.1. The van der Waals surface area contributed by atoms with Crippen molar-refractivity contribution < 1.29 is 0 Å². The average molecular weight is 319 g/mol. The Balaban J connectivity index is 2.14. The van der Waals surface area contributed by atoms with Crippen LogP contribution in [0, 0.1) is 6.92 Å². The molecule has 1 N–H and O–H groups in total. The van der Waals surface area contributed by atoms with E-state index in [-0.39, 0.29) is 5.56 Å². The van der Waals surface area contributed by atoms with Gasteiger partial charge in [-0.05, 0) is 48.9 Å². The minimum Gasteiger partial charge on any atom is -0.295 e. The molecule has 0 saturated carbocycles. The first-order valence-electron chi connectivity index (χ1n) is 6.40. The molecular weight excluding hydrogens is 307 g/mol. The SMILES string of the molecule is Cc1[nH]n(-c2ccc(Cl)cc2)c(=O)c1-c1ccc(Cl)cc1. The number of hydrogen-bond donors (Lipinski definition) is 1. The van der Waals surface area contributed by atoms with E-state index in [9.17, 15) is 4.79 Å². The van der Waals surface area contributed by atoms with Crippen LogP contribution < -0.4 is 5.56 Å². The summed E-state index contributed by atoms with van der Waals surface area (Å²) in [5.74, 6) is 0. The number of nitrogens with zero attached hydrogens (tertiary/aromatic N) is 1. The maximum atomic E-state index is 12.6. The third kappa shape index (κ3) is 2.62. The van der Waals surface area contributed by atoms with Crippen molar-refractivity contribution in [3.8, 4) is 16.8 Å². The predicted octanol–water partition coefficient (Wildman–Crippen LogP) is 4.45. The molecule has 0 amide bonds. The average Bonchev–Trinajstić information content (AvgIpc) is 2.76. The van der Waals surface area contributed by atoms with Crippen LogP contribution in [-0.2, 0) is 0 Å². The molecule has 0 bridgehead atoms. The third-order valence-electron chi connectivity index (χ3n) is 3.29. The summed E-state index contributed by atoms with van der Waals surface area (Å²) in [6.45, 7) is 1.87. The van der Waals surface area contributed by atoms with Crippen molar-refractivity contribution >= 4 is 23.2 Å². The van der Waals surface area contributed by atoms with Crippen LogP contribution in [0.25, 0.3) is 16.8 Å². The first kappa shape index (κ1) is 14.0. The molecule has 0 fully saturated rings. The quantitative estimate of drug-likeness (QED) is 0.744. The van der Waals surface area contributed by atoms with Gasteiger partial charge < -0.3 is 0 Å². The molecule has 0 saturated heterocycles. The molecule has 0 aliphatic rings. The molecule has 3 aromatic rings. The van der Waals surface area contributed by atoms with E-state index < -0.39 is 0 Å². The van der Waals surface area contributed by atoms with E-state index in [1.165, 1.54) is 4.68 Å². The minimum atomic E-state index is -0.0999. The zero-order valence-electron chi connectivity index (χ0n) is 11.2. The number of rotatable bonds is 2. The lowest BCUT2D eigenvalue weighted by atomic mass is 10.1. The summed E-state index contributed by atoms with van der Waals surface area (Å²) in [4.78, 5) is 12.6. The molecule has 0 radical (unpaired) electrons. The number of H-pyrrole nitrogens is 1. The lowest BCUT2D eigenvalue weighted by Gasteiger charge is -2.01. The molecule has 0 spiro atoms. The third-order valence-corrected chi connectivity index (χ3v) is 3.79. The van der Waals surface area contributed by atoms with E-state index in [1.807, 2.05) is 19.1 Å². The second-order valence-electron chi connectivity index (χ2n) is 4.74. The number of aromatic amines is 1. The normalized spacial score (nSPS) is 10.8. The predicted molar refractivity (Wildman–Crippen MR) is 86.6 cm³/mol. The molecule has 1 heterocycles. The van der Waals surface area contributed by atoms with Crippen LogP contribution in [0.15, 0.2) is 53.3 Å². The highest BCUT2D eigenvalue weighted by Crippen LogP contribution is 2.22. The molecule has 3 rings (SSSR count). The summed E-state index contributed by atoms with van der Waals surface area (Å²) in [5.41, 5.74) is 2.93. The number of hydrogen-bond acceptors (Lipinski definition) is 1. The molecule has 0 aliphatic heterocycles. The summed E-state index contributed by atoms with van der Waals surface area (Å²) in [6.07, 6.45) is 0. The van der Waals surface area contributed by atoms with Gasteiger partial charge in [-0.3, -0.25) is 9.89 Å². The van der Waals surface area contributed by atoms with Crippen LogP contribution in [0.3, 0.4) is 0 Å². The summed E-state index contributed by atoms with van der Waals surface area (Å²) >= 11 is 11.8. The molecule has 21 heavy (non-hydrogen) atoms. The van der Waals surface area contributed by atoms with Gasteiger partial charge in [0.05, 0.1) is 11.3 Å². The van der Waals surface area contributed by atoms with Crippen LogP contribution in [-0.4, -0.2) is 9.78 Å². The van der Waals surface area contributed by atoms with E-state index >= 15 is 0 Å². The Bertz CT molecular complexity index is 830. The zero-order valence-corrected chi connectivity index (χ0v) is 12.7. The number of benzene rings is 2. The highest BCUT2D eigenvalue weighted by Gasteiger charge is 2.14. The van der Waals surface area contributed by atoms with Crippen molar-refractivity contribution in [1.29, 1.82) is 0 Å². The maximum absolute atomic E-state index is 12.6. The van der Waals surface area contributed by atoms with Crippen molar-refractivity contribution in [3.63, 3.8) is 0 Å². The van der Waals surface area contributed by atoms with Gasteiger partial charge in [-0.1, -0.05) is 35.3 Å². The van der Waals surface area contributed by atoms with Gasteiger partial charge in [0.25, 0.3) is 5.56 Å². The second-order valence-corrected chi connectivity index (χ2v) is 5.61. The van der Waals surface area contributed by atoms with Gasteiger partial charge in [-0.2, -0.15) is 0 Å². The topological polar surface area (TPSA) is 37.8 Å². The van der Waals surface area contributed by atoms with Gasteiger partial charge >= 0.3 is 0 Å². The number of nitrogens with one attached hydrogen (secondary N) is 1. The Hall–Kier alpha value is -1.97. The lowest BCUT2D eigenvalue weighted by molar-refractivity contribution is 0.835. The Morgan fingerprint density at radius 2 is 1.43 bits per heavy atom. The van der Waals surface area contributed by atoms with Crippen LogP contribution in [0.2, 0.25) is 10.0 Å². The van der Waals surface area contributed by atoms with E-state index in [4.69, 9.17) is 23.2 Å². The summed E-state index contributed by atoms with van der Waals surface area (Å²) in [5, 5.41) is 4.37. The highest BCUT2D eigenvalue weighted by atomic mass is 35.5. The Kier molecular flexibility index (Phi) is 3.62. The fraction of sp³-hybridized carbons (Fsp3) is 0.0625. The van der Waals surface area contributed by atoms with Crippen molar-refractivity contribution in [1.82, 2.24) is 9.78 Å². The number of halogens is 2. The Morgan fingerprint density at radius 1 is 0.905 bits per heavy atom. The summed E-state index contributed by atoms with van der Waals surface area (Å²) in [7, 11) is 0. The van der Waals surface area contributed by atoms with Crippen molar-refractivity contribution in [2.75, 3.05) is 0 Å². The fourth-order valence-corrected chi connectivity index (χ4v) is 2.53. The molecule has 2 aromatic carbocycles. The molecule has 0 atom stereocenters. The van der Waals surface area contributed by atoms with Crippen molar-refractivity contribution in [2.24, 2.45) is 0 Å². The van der Waals surface area contributed by atoms with E-state index in [1.54, 1.807) is 36.4 Å². The molecule has 1 aromatic heterocycles. The largest absolute Gasteiger partial charge is 0.295 e. The maximum Gasteiger partial charge on any atom is 0.279 e. The van der Waals surface area contributed by atoms with E-state index in [0.29, 0.717) is 15.6 Å². The minimum absolute atomic E-state index is 0.0999. The van der Waals surface area contributed by atoms with Gasteiger partial charge in [0.2, 0.25) is 0 Å². The molecule has 106 valence electrons. The van der Waals surface area contributed by atoms with Crippen molar-refractivity contribution in [2.45, 2.75) is 6.92 Å². The van der Waals surface area contributed by atoms with Crippen LogP contribution in [0.1, 0.15) is 5.69 Å². The number of aryl methyl sites for hydroxylation is 1. The van der Waals surface area contributed by atoms with Gasteiger partial charge in [-0.25, -0.2) is 4.68 Å². The van der Waals surface area contributed by atoms with Crippen LogP contribution in [0.5, 0.6) is 0 Å². The monoisotopic (exact) mass is 318 g/mol. The Morgan fingerprint density at radius 3 is 2.00 bits per heavy atom. The van der Waals surface area contributed by atoms with Crippen molar-refractivity contribution in [3.05, 3.63) is 74.6 Å². The van der Waals surface area contributed by atoms with E-state index in [0.717, 1.165) is 16.9 Å².